The van der Waals surface area contributed by atoms with Crippen molar-refractivity contribution in [3.63, 3.8) is 0 Å². The number of carbonyl (C=O) groups is 3. The minimum atomic E-state index is -0.821. The van der Waals surface area contributed by atoms with Crippen LogP contribution in [0.25, 0.3) is 0 Å². The van der Waals surface area contributed by atoms with Crippen LogP contribution in [0, 0.1) is 5.92 Å². The standard InChI is InChI=1S/C11H18N2O5/c1-2-18-11(17)12-9(14)7-13-4-3-8(6-13)5-10(15)16/h8H,2-7H2,1H3,(H,15,16)(H,12,14,17). The molecular formula is C11H18N2O5. The first-order valence-corrected chi connectivity index (χ1v) is 5.92. The minimum absolute atomic E-state index is 0.0814. The number of amides is 2. The average Bonchev–Trinajstić information content (AvgIpc) is 2.64. The lowest BCUT2D eigenvalue weighted by Crippen LogP contribution is -2.39. The van der Waals surface area contributed by atoms with E-state index in [9.17, 15) is 14.4 Å². The Kier molecular flexibility index (Phi) is 5.57. The van der Waals surface area contributed by atoms with E-state index >= 15 is 0 Å². The summed E-state index contributed by atoms with van der Waals surface area (Å²) >= 11 is 0. The van der Waals surface area contributed by atoms with Gasteiger partial charge < -0.3 is 9.84 Å². The second-order valence-electron chi connectivity index (χ2n) is 4.26. The molecule has 2 N–H and O–H groups in total. The SMILES string of the molecule is CCOC(=O)NC(=O)CN1CCC(CC(=O)O)C1. The van der Waals surface area contributed by atoms with Gasteiger partial charge in [0.15, 0.2) is 0 Å². The number of carboxylic acids is 1. The number of ether oxygens (including phenoxy) is 1. The van der Waals surface area contributed by atoms with Crippen LogP contribution in [0.1, 0.15) is 19.8 Å². The number of aliphatic carboxylic acids is 1. The maximum Gasteiger partial charge on any atom is 0.413 e. The van der Waals surface area contributed by atoms with Crippen molar-refractivity contribution in [2.45, 2.75) is 19.8 Å². The molecule has 0 radical (unpaired) electrons. The van der Waals surface area contributed by atoms with E-state index < -0.39 is 18.0 Å². The Hall–Kier alpha value is -1.63. The van der Waals surface area contributed by atoms with Gasteiger partial charge >= 0.3 is 12.1 Å². The zero-order chi connectivity index (χ0) is 13.5. The Morgan fingerprint density at radius 2 is 2.17 bits per heavy atom. The zero-order valence-electron chi connectivity index (χ0n) is 10.3. The van der Waals surface area contributed by atoms with Crippen molar-refractivity contribution in [2.24, 2.45) is 5.92 Å². The molecule has 0 aliphatic carbocycles. The van der Waals surface area contributed by atoms with Crippen molar-refractivity contribution < 1.29 is 24.2 Å². The largest absolute Gasteiger partial charge is 0.481 e. The summed E-state index contributed by atoms with van der Waals surface area (Å²) in [6.45, 7) is 3.20. The molecule has 1 aliphatic rings. The summed E-state index contributed by atoms with van der Waals surface area (Å²) in [5.41, 5.74) is 0. The highest BCUT2D eigenvalue weighted by atomic mass is 16.5. The van der Waals surface area contributed by atoms with Gasteiger partial charge in [0, 0.05) is 13.0 Å². The highest BCUT2D eigenvalue weighted by Gasteiger charge is 2.26. The molecule has 0 spiro atoms. The van der Waals surface area contributed by atoms with E-state index in [1.807, 2.05) is 4.90 Å². The monoisotopic (exact) mass is 258 g/mol. The van der Waals surface area contributed by atoms with E-state index in [0.29, 0.717) is 13.1 Å². The molecule has 7 heteroatoms. The van der Waals surface area contributed by atoms with Gasteiger partial charge in [-0.25, -0.2) is 4.79 Å². The molecule has 1 saturated heterocycles. The number of nitrogens with zero attached hydrogens (tertiary/aromatic N) is 1. The predicted octanol–water partition coefficient (Wildman–Crippen LogP) is 0.0557. The van der Waals surface area contributed by atoms with Crippen molar-refractivity contribution >= 4 is 18.0 Å². The molecule has 0 aromatic heterocycles. The Balaban J connectivity index is 2.25. The topological polar surface area (TPSA) is 95.9 Å². The van der Waals surface area contributed by atoms with Gasteiger partial charge in [-0.3, -0.25) is 19.8 Å². The van der Waals surface area contributed by atoms with E-state index in [1.165, 1.54) is 0 Å². The van der Waals surface area contributed by atoms with Gasteiger partial charge in [0.05, 0.1) is 13.2 Å². The number of carbonyl (C=O) groups excluding carboxylic acids is 2. The lowest BCUT2D eigenvalue weighted by atomic mass is 10.1. The molecule has 1 atom stereocenters. The summed E-state index contributed by atoms with van der Waals surface area (Å²) in [7, 11) is 0. The fraction of sp³-hybridized carbons (Fsp3) is 0.727. The first-order chi connectivity index (χ1) is 8.51. The van der Waals surface area contributed by atoms with Crippen LogP contribution in [0.15, 0.2) is 0 Å². The van der Waals surface area contributed by atoms with Crippen LogP contribution in [0.2, 0.25) is 0 Å². The summed E-state index contributed by atoms with van der Waals surface area (Å²) in [4.78, 5) is 34.8. The van der Waals surface area contributed by atoms with Crippen LogP contribution in [0.4, 0.5) is 4.79 Å². The Labute approximate surface area is 105 Å². The molecule has 1 aliphatic heterocycles. The van der Waals surface area contributed by atoms with Gasteiger partial charge in [-0.1, -0.05) is 0 Å². The smallest absolute Gasteiger partial charge is 0.413 e. The molecule has 18 heavy (non-hydrogen) atoms. The van der Waals surface area contributed by atoms with Gasteiger partial charge in [-0.2, -0.15) is 0 Å². The number of alkyl carbamates (subject to hydrolysis) is 1. The van der Waals surface area contributed by atoms with E-state index in [0.717, 1.165) is 6.42 Å². The quantitative estimate of drug-likeness (QED) is 0.723. The van der Waals surface area contributed by atoms with Gasteiger partial charge in [0.1, 0.15) is 0 Å². The second kappa shape index (κ2) is 6.95. The molecule has 0 aromatic rings. The lowest BCUT2D eigenvalue weighted by Gasteiger charge is -2.14. The number of nitrogens with one attached hydrogen (secondary N) is 1. The Bertz CT molecular complexity index is 331. The molecular weight excluding hydrogens is 240 g/mol. The highest BCUT2D eigenvalue weighted by Crippen LogP contribution is 2.18. The fourth-order valence-corrected chi connectivity index (χ4v) is 1.99. The summed E-state index contributed by atoms with van der Waals surface area (Å²) in [5, 5.41) is 10.8. The average molecular weight is 258 g/mol. The molecule has 0 bridgehead atoms. The third kappa shape index (κ3) is 5.13. The first kappa shape index (κ1) is 14.4. The summed E-state index contributed by atoms with van der Waals surface area (Å²) < 4.78 is 4.58. The third-order valence-electron chi connectivity index (χ3n) is 2.72. The van der Waals surface area contributed by atoms with Gasteiger partial charge in [-0.15, -0.1) is 0 Å². The van der Waals surface area contributed by atoms with E-state index in [1.54, 1.807) is 6.92 Å². The molecule has 1 heterocycles. The predicted molar refractivity (Wildman–Crippen MR) is 62.0 cm³/mol. The van der Waals surface area contributed by atoms with Gasteiger partial charge in [-0.05, 0) is 25.8 Å². The zero-order valence-corrected chi connectivity index (χ0v) is 10.3. The molecule has 1 fully saturated rings. The van der Waals surface area contributed by atoms with Crippen LogP contribution in [0.5, 0.6) is 0 Å². The van der Waals surface area contributed by atoms with Crippen LogP contribution in [-0.2, 0) is 14.3 Å². The fourth-order valence-electron chi connectivity index (χ4n) is 1.99. The van der Waals surface area contributed by atoms with Crippen LogP contribution < -0.4 is 5.32 Å². The van der Waals surface area contributed by atoms with Gasteiger partial charge in [0.25, 0.3) is 0 Å². The molecule has 7 nitrogen and oxygen atoms in total. The molecule has 0 aromatic carbocycles. The van der Waals surface area contributed by atoms with Crippen molar-refractivity contribution in [2.75, 3.05) is 26.2 Å². The summed E-state index contributed by atoms with van der Waals surface area (Å²) in [6, 6.07) is 0. The number of imide groups is 1. The third-order valence-corrected chi connectivity index (χ3v) is 2.72. The second-order valence-corrected chi connectivity index (χ2v) is 4.26. The minimum Gasteiger partial charge on any atom is -0.481 e. The number of likely N-dealkylation sites (tertiary alicyclic amines) is 1. The summed E-state index contributed by atoms with van der Waals surface area (Å²) in [5.74, 6) is -1.17. The van der Waals surface area contributed by atoms with Gasteiger partial charge in [0.2, 0.25) is 5.91 Å². The lowest BCUT2D eigenvalue weighted by molar-refractivity contribution is -0.138. The molecule has 0 saturated carbocycles. The van der Waals surface area contributed by atoms with Crippen LogP contribution in [-0.4, -0.2) is 54.2 Å². The van der Waals surface area contributed by atoms with E-state index in [4.69, 9.17) is 5.11 Å². The maximum atomic E-state index is 11.4. The number of hydrogen-bond acceptors (Lipinski definition) is 5. The van der Waals surface area contributed by atoms with Crippen LogP contribution >= 0.6 is 0 Å². The molecule has 1 unspecified atom stereocenters. The highest BCUT2D eigenvalue weighted by molar-refractivity contribution is 5.92. The Morgan fingerprint density at radius 1 is 1.44 bits per heavy atom. The van der Waals surface area contributed by atoms with Crippen LogP contribution in [0.3, 0.4) is 0 Å². The molecule has 1 rings (SSSR count). The van der Waals surface area contributed by atoms with E-state index in [-0.39, 0.29) is 25.5 Å². The summed E-state index contributed by atoms with van der Waals surface area (Å²) in [6.07, 6.45) is 0.137. The maximum absolute atomic E-state index is 11.4. The number of hydrogen-bond donors (Lipinski definition) is 2. The molecule has 102 valence electrons. The van der Waals surface area contributed by atoms with Crippen molar-refractivity contribution in [3.8, 4) is 0 Å². The van der Waals surface area contributed by atoms with Crippen molar-refractivity contribution in [3.05, 3.63) is 0 Å². The number of carboxylic acid groups (broad SMARTS) is 1. The Morgan fingerprint density at radius 3 is 2.78 bits per heavy atom. The van der Waals surface area contributed by atoms with Crippen molar-refractivity contribution in [1.82, 2.24) is 10.2 Å². The normalized spacial score (nSPS) is 19.5. The van der Waals surface area contributed by atoms with E-state index in [2.05, 4.69) is 10.1 Å². The van der Waals surface area contributed by atoms with Crippen molar-refractivity contribution in [1.29, 1.82) is 0 Å². The first-order valence-electron chi connectivity index (χ1n) is 5.92. The molecule has 2 amide bonds. The number of rotatable bonds is 5.